The summed E-state index contributed by atoms with van der Waals surface area (Å²) < 4.78 is 12.9. The van der Waals surface area contributed by atoms with E-state index in [1.165, 1.54) is 37.7 Å². The number of hydrogen-bond donors (Lipinski definition) is 0. The molecule has 2 aromatic rings. The highest BCUT2D eigenvalue weighted by molar-refractivity contribution is 9.10. The van der Waals surface area contributed by atoms with Crippen LogP contribution < -0.4 is 9.47 Å². The third-order valence-electron chi connectivity index (χ3n) is 6.26. The number of ether oxygens (including phenoxy) is 2. The lowest BCUT2D eigenvalue weighted by atomic mass is 9.86. The van der Waals surface area contributed by atoms with Crippen LogP contribution in [0.4, 0.5) is 0 Å². The van der Waals surface area contributed by atoms with Crippen LogP contribution in [0.1, 0.15) is 55.7 Å². The molecule has 2 heterocycles. The first kappa shape index (κ1) is 18.0. The van der Waals surface area contributed by atoms with Gasteiger partial charge >= 0.3 is 0 Å². The lowest BCUT2D eigenvalue weighted by Crippen LogP contribution is -2.45. The Morgan fingerprint density at radius 2 is 1.86 bits per heavy atom. The Balaban J connectivity index is 1.51. The Bertz CT molecular complexity index is 890. The van der Waals surface area contributed by atoms with Gasteiger partial charge in [-0.3, -0.25) is 0 Å². The second-order valence-electron chi connectivity index (χ2n) is 7.96. The van der Waals surface area contributed by atoms with Gasteiger partial charge in [0.1, 0.15) is 11.5 Å². The van der Waals surface area contributed by atoms with Crippen LogP contribution in [-0.4, -0.2) is 24.1 Å². The van der Waals surface area contributed by atoms with Crippen LogP contribution in [0.25, 0.3) is 0 Å². The maximum Gasteiger partial charge on any atom is 0.190 e. The van der Waals surface area contributed by atoms with E-state index in [9.17, 15) is 0 Å². The summed E-state index contributed by atoms with van der Waals surface area (Å²) in [5.41, 5.74) is 3.52. The Morgan fingerprint density at radius 3 is 2.61 bits per heavy atom. The van der Waals surface area contributed by atoms with E-state index in [2.05, 4.69) is 51.3 Å². The number of rotatable bonds is 3. The van der Waals surface area contributed by atoms with Gasteiger partial charge < -0.3 is 9.47 Å². The summed E-state index contributed by atoms with van der Waals surface area (Å²) in [5.74, 6) is 2.44. The average Bonchev–Trinajstić information content (AvgIpc) is 3.20. The largest absolute Gasteiger partial charge is 0.497 e. The van der Waals surface area contributed by atoms with Crippen LogP contribution in [0.15, 0.2) is 52.0 Å². The molecule has 0 spiro atoms. The monoisotopic (exact) mass is 440 g/mol. The average molecular weight is 441 g/mol. The molecule has 146 valence electrons. The fraction of sp³-hybridized carbons (Fsp3) is 0.435. The van der Waals surface area contributed by atoms with Gasteiger partial charge in [-0.15, -0.1) is 0 Å². The molecule has 5 heteroatoms. The van der Waals surface area contributed by atoms with Gasteiger partial charge in [0.15, 0.2) is 6.23 Å². The van der Waals surface area contributed by atoms with E-state index >= 15 is 0 Å². The molecule has 0 amide bonds. The fourth-order valence-corrected chi connectivity index (χ4v) is 5.15. The van der Waals surface area contributed by atoms with Crippen molar-refractivity contribution in [3.63, 3.8) is 0 Å². The molecule has 28 heavy (non-hydrogen) atoms. The third-order valence-corrected chi connectivity index (χ3v) is 6.75. The number of hydrazone groups is 1. The Labute approximate surface area is 174 Å². The van der Waals surface area contributed by atoms with Crippen molar-refractivity contribution >= 4 is 21.6 Å². The van der Waals surface area contributed by atoms with Crippen molar-refractivity contribution < 1.29 is 9.47 Å². The standard InChI is InChI=1S/C23H25BrN2O2/c1-27-18-10-7-15(8-11-18)20-14-21-19-13-17(24)9-12-22(19)28-23(26(21)25-20)16-5-3-2-4-6-16/h7-13,16,21,23H,2-6,14H2,1H3/t21-,23-/m1/s1. The molecule has 2 aliphatic heterocycles. The van der Waals surface area contributed by atoms with Crippen molar-refractivity contribution in [1.29, 1.82) is 0 Å². The summed E-state index contributed by atoms with van der Waals surface area (Å²) in [6, 6.07) is 14.8. The second-order valence-corrected chi connectivity index (χ2v) is 8.88. The van der Waals surface area contributed by atoms with E-state index < -0.39 is 0 Å². The normalized spacial score (nSPS) is 24.2. The van der Waals surface area contributed by atoms with Crippen molar-refractivity contribution in [2.45, 2.75) is 50.8 Å². The van der Waals surface area contributed by atoms with Crippen molar-refractivity contribution in [1.82, 2.24) is 5.01 Å². The summed E-state index contributed by atoms with van der Waals surface area (Å²) in [6.07, 6.45) is 7.34. The second kappa shape index (κ2) is 7.43. The van der Waals surface area contributed by atoms with Gasteiger partial charge in [-0.05, 0) is 60.9 Å². The Hall–Kier alpha value is -2.01. The van der Waals surface area contributed by atoms with Crippen molar-refractivity contribution in [2.75, 3.05) is 7.11 Å². The van der Waals surface area contributed by atoms with E-state index in [1.807, 2.05) is 12.1 Å². The predicted molar refractivity (Wildman–Crippen MR) is 114 cm³/mol. The molecule has 1 fully saturated rings. The van der Waals surface area contributed by atoms with Crippen molar-refractivity contribution in [2.24, 2.45) is 11.0 Å². The third kappa shape index (κ3) is 3.20. The van der Waals surface area contributed by atoms with Gasteiger partial charge in [-0.2, -0.15) is 5.10 Å². The lowest BCUT2D eigenvalue weighted by molar-refractivity contribution is -0.0644. The van der Waals surface area contributed by atoms with Gasteiger partial charge in [0, 0.05) is 22.4 Å². The number of hydrogen-bond acceptors (Lipinski definition) is 4. The zero-order valence-electron chi connectivity index (χ0n) is 16.1. The molecule has 0 aromatic heterocycles. The van der Waals surface area contributed by atoms with Crippen LogP contribution in [-0.2, 0) is 0 Å². The summed E-state index contributed by atoms with van der Waals surface area (Å²) in [4.78, 5) is 0. The molecular weight excluding hydrogens is 416 g/mol. The van der Waals surface area contributed by atoms with Gasteiger partial charge in [-0.1, -0.05) is 35.2 Å². The van der Waals surface area contributed by atoms with Gasteiger partial charge in [-0.25, -0.2) is 5.01 Å². The minimum absolute atomic E-state index is 0.0368. The minimum atomic E-state index is 0.0368. The summed E-state index contributed by atoms with van der Waals surface area (Å²) >= 11 is 3.63. The van der Waals surface area contributed by atoms with E-state index in [0.717, 1.165) is 33.7 Å². The highest BCUT2D eigenvalue weighted by Crippen LogP contribution is 2.47. The zero-order valence-corrected chi connectivity index (χ0v) is 17.7. The number of benzene rings is 2. The molecule has 0 saturated heterocycles. The highest BCUT2D eigenvalue weighted by Gasteiger charge is 2.43. The highest BCUT2D eigenvalue weighted by atomic mass is 79.9. The van der Waals surface area contributed by atoms with Crippen LogP contribution in [0.3, 0.4) is 0 Å². The summed E-state index contributed by atoms with van der Waals surface area (Å²) in [5, 5.41) is 7.34. The summed E-state index contributed by atoms with van der Waals surface area (Å²) in [7, 11) is 1.70. The fourth-order valence-electron chi connectivity index (χ4n) is 4.77. The SMILES string of the molecule is COc1ccc(C2=NN3[C@H](C2)c2cc(Br)ccc2O[C@@H]3C2CCCCC2)cc1. The zero-order chi connectivity index (χ0) is 19.1. The molecule has 0 bridgehead atoms. The molecular formula is C23H25BrN2O2. The Kier molecular flexibility index (Phi) is 4.79. The number of nitrogens with zero attached hydrogens (tertiary/aromatic N) is 2. The summed E-state index contributed by atoms with van der Waals surface area (Å²) in [6.45, 7) is 0. The van der Waals surface area contributed by atoms with E-state index in [0.29, 0.717) is 5.92 Å². The molecule has 4 nitrogen and oxygen atoms in total. The van der Waals surface area contributed by atoms with Crippen molar-refractivity contribution in [3.8, 4) is 11.5 Å². The van der Waals surface area contributed by atoms with Gasteiger partial charge in [0.25, 0.3) is 0 Å². The maximum absolute atomic E-state index is 6.54. The van der Waals surface area contributed by atoms with E-state index in [4.69, 9.17) is 14.6 Å². The van der Waals surface area contributed by atoms with Crippen LogP contribution in [0.5, 0.6) is 11.5 Å². The topological polar surface area (TPSA) is 34.1 Å². The smallest absolute Gasteiger partial charge is 0.190 e. The van der Waals surface area contributed by atoms with Gasteiger partial charge in [0.05, 0.1) is 18.9 Å². The Morgan fingerprint density at radius 1 is 1.07 bits per heavy atom. The lowest BCUT2D eigenvalue weighted by Gasteiger charge is -2.42. The number of methoxy groups -OCH3 is 1. The molecule has 5 rings (SSSR count). The first-order valence-corrected chi connectivity index (χ1v) is 11.0. The first-order chi connectivity index (χ1) is 13.7. The first-order valence-electron chi connectivity index (χ1n) is 10.2. The molecule has 2 aromatic carbocycles. The maximum atomic E-state index is 6.54. The minimum Gasteiger partial charge on any atom is -0.497 e. The molecule has 1 aliphatic carbocycles. The molecule has 0 radical (unpaired) electrons. The number of fused-ring (bicyclic) bond motifs is 3. The molecule has 0 N–H and O–H groups in total. The molecule has 2 atom stereocenters. The van der Waals surface area contributed by atoms with Gasteiger partial charge in [0.2, 0.25) is 0 Å². The quantitative estimate of drug-likeness (QED) is 0.594. The molecule has 1 saturated carbocycles. The van der Waals surface area contributed by atoms with Crippen LogP contribution in [0.2, 0.25) is 0 Å². The molecule has 3 aliphatic rings. The predicted octanol–water partition coefficient (Wildman–Crippen LogP) is 5.91. The van der Waals surface area contributed by atoms with E-state index in [1.54, 1.807) is 7.11 Å². The van der Waals surface area contributed by atoms with Crippen LogP contribution >= 0.6 is 15.9 Å². The molecule has 0 unspecified atom stereocenters. The number of halogens is 1. The van der Waals surface area contributed by atoms with Crippen LogP contribution in [0, 0.1) is 5.92 Å². The van der Waals surface area contributed by atoms with Crippen molar-refractivity contribution in [3.05, 3.63) is 58.1 Å². The van der Waals surface area contributed by atoms with E-state index in [-0.39, 0.29) is 12.3 Å².